The van der Waals surface area contributed by atoms with Gasteiger partial charge in [-0.15, -0.1) is 0 Å². The summed E-state index contributed by atoms with van der Waals surface area (Å²) in [6, 6.07) is 6.69. The lowest BCUT2D eigenvalue weighted by Gasteiger charge is -2.09. The second-order valence-corrected chi connectivity index (χ2v) is 4.52. The summed E-state index contributed by atoms with van der Waals surface area (Å²) < 4.78 is 5.64. The van der Waals surface area contributed by atoms with Crippen LogP contribution in [0.3, 0.4) is 0 Å². The molecule has 0 aliphatic rings. The van der Waals surface area contributed by atoms with Crippen molar-refractivity contribution in [2.24, 2.45) is 0 Å². The average molecular weight is 279 g/mol. The molecule has 1 aromatic heterocycles. The Labute approximate surface area is 115 Å². The molecule has 19 heavy (non-hydrogen) atoms. The lowest BCUT2D eigenvalue weighted by molar-refractivity contribution is -0.385. The largest absolute Gasteiger partial charge is 0.438 e. The summed E-state index contributed by atoms with van der Waals surface area (Å²) >= 11 is 5.90. The molecule has 0 fully saturated rings. The number of ether oxygens (including phenoxy) is 1. The molecule has 0 aliphatic carbocycles. The van der Waals surface area contributed by atoms with E-state index < -0.39 is 4.92 Å². The molecule has 6 heteroatoms. The summed E-state index contributed by atoms with van der Waals surface area (Å²) in [5.74, 6) is 0.910. The molecule has 0 saturated carbocycles. The first-order valence-corrected chi connectivity index (χ1v) is 5.90. The summed E-state index contributed by atoms with van der Waals surface area (Å²) in [5.41, 5.74) is 1.44. The van der Waals surface area contributed by atoms with E-state index >= 15 is 0 Å². The Balaban J connectivity index is 2.33. The minimum Gasteiger partial charge on any atom is -0.438 e. The zero-order chi connectivity index (χ0) is 14.0. The third-order valence-corrected chi connectivity index (χ3v) is 2.82. The second-order valence-electron chi connectivity index (χ2n) is 4.08. The number of pyridine rings is 1. The van der Waals surface area contributed by atoms with Crippen LogP contribution in [0.1, 0.15) is 11.1 Å². The number of nitrogens with zero attached hydrogens (tertiary/aromatic N) is 2. The van der Waals surface area contributed by atoms with Crippen LogP contribution in [-0.2, 0) is 0 Å². The van der Waals surface area contributed by atoms with Gasteiger partial charge in [0.1, 0.15) is 11.9 Å². The van der Waals surface area contributed by atoms with Gasteiger partial charge < -0.3 is 4.74 Å². The molecule has 0 amide bonds. The Bertz CT molecular complexity index is 644. The van der Waals surface area contributed by atoms with Crippen LogP contribution in [0.5, 0.6) is 11.6 Å². The van der Waals surface area contributed by atoms with Gasteiger partial charge >= 0.3 is 0 Å². The van der Waals surface area contributed by atoms with E-state index in [0.29, 0.717) is 22.2 Å². The van der Waals surface area contributed by atoms with Gasteiger partial charge in [-0.25, -0.2) is 4.98 Å². The lowest BCUT2D eigenvalue weighted by Crippen LogP contribution is -1.96. The molecule has 0 atom stereocenters. The minimum absolute atomic E-state index is 0.0623. The van der Waals surface area contributed by atoms with Crippen molar-refractivity contribution < 1.29 is 9.66 Å². The molecule has 5 nitrogen and oxygen atoms in total. The molecule has 0 saturated heterocycles. The molecule has 1 aromatic carbocycles. The first-order valence-electron chi connectivity index (χ1n) is 5.52. The van der Waals surface area contributed by atoms with Gasteiger partial charge in [0.2, 0.25) is 5.88 Å². The number of halogens is 1. The van der Waals surface area contributed by atoms with Gasteiger partial charge in [-0.2, -0.15) is 0 Å². The third-order valence-electron chi connectivity index (χ3n) is 2.58. The smallest absolute Gasteiger partial charge is 0.288 e. The highest BCUT2D eigenvalue weighted by Crippen LogP contribution is 2.29. The van der Waals surface area contributed by atoms with Crippen molar-refractivity contribution in [1.82, 2.24) is 4.98 Å². The van der Waals surface area contributed by atoms with E-state index in [2.05, 4.69) is 4.98 Å². The molecular formula is C13H11ClN2O3. The number of rotatable bonds is 3. The van der Waals surface area contributed by atoms with Crippen LogP contribution >= 0.6 is 11.6 Å². The molecule has 2 aromatic rings. The summed E-state index contributed by atoms with van der Waals surface area (Å²) in [4.78, 5) is 14.1. The standard InChI is InChI=1S/C13H11ClN2O3/c1-8-3-4-10(14)6-12(8)19-13-9(2)5-11(7-15-13)16(17)18/h3-7H,1-2H3. The minimum atomic E-state index is -0.492. The number of aryl methyl sites for hydroxylation is 2. The van der Waals surface area contributed by atoms with Gasteiger partial charge in [-0.3, -0.25) is 10.1 Å². The number of benzene rings is 1. The van der Waals surface area contributed by atoms with Crippen LogP contribution in [-0.4, -0.2) is 9.91 Å². The van der Waals surface area contributed by atoms with Gasteiger partial charge in [0, 0.05) is 16.7 Å². The summed E-state index contributed by atoms with van der Waals surface area (Å²) in [6.45, 7) is 3.58. The van der Waals surface area contributed by atoms with E-state index in [4.69, 9.17) is 16.3 Å². The molecule has 0 bridgehead atoms. The molecule has 98 valence electrons. The first-order chi connectivity index (χ1) is 8.97. The van der Waals surface area contributed by atoms with Crippen molar-refractivity contribution in [3.63, 3.8) is 0 Å². The van der Waals surface area contributed by atoms with Crippen LogP contribution in [0.15, 0.2) is 30.5 Å². The summed E-state index contributed by atoms with van der Waals surface area (Å²) in [7, 11) is 0. The SMILES string of the molecule is Cc1ccc(Cl)cc1Oc1ncc([N+](=O)[O-])cc1C. The fraction of sp³-hybridized carbons (Fsp3) is 0.154. The van der Waals surface area contributed by atoms with Crippen LogP contribution in [0, 0.1) is 24.0 Å². The number of hydrogen-bond acceptors (Lipinski definition) is 4. The highest BCUT2D eigenvalue weighted by Gasteiger charge is 2.12. The van der Waals surface area contributed by atoms with Crippen molar-refractivity contribution in [2.75, 3.05) is 0 Å². The molecule has 0 spiro atoms. The van der Waals surface area contributed by atoms with Crippen LogP contribution in [0.25, 0.3) is 0 Å². The summed E-state index contributed by atoms with van der Waals surface area (Å²) in [5, 5.41) is 11.2. The fourth-order valence-corrected chi connectivity index (χ4v) is 1.70. The van der Waals surface area contributed by atoms with Crippen molar-refractivity contribution in [2.45, 2.75) is 13.8 Å². The number of aromatic nitrogens is 1. The summed E-state index contributed by atoms with van der Waals surface area (Å²) in [6.07, 6.45) is 1.17. The van der Waals surface area contributed by atoms with Gasteiger partial charge in [0.25, 0.3) is 5.69 Å². The Morgan fingerprint density at radius 3 is 2.63 bits per heavy atom. The van der Waals surface area contributed by atoms with E-state index in [1.165, 1.54) is 12.3 Å². The highest BCUT2D eigenvalue weighted by atomic mass is 35.5. The molecule has 0 aliphatic heterocycles. The topological polar surface area (TPSA) is 65.3 Å². The fourth-order valence-electron chi connectivity index (χ4n) is 1.54. The zero-order valence-corrected chi connectivity index (χ0v) is 11.1. The Morgan fingerprint density at radius 1 is 1.26 bits per heavy atom. The quantitative estimate of drug-likeness (QED) is 0.627. The van der Waals surface area contributed by atoms with Crippen molar-refractivity contribution in [3.8, 4) is 11.6 Å². The number of nitro groups is 1. The van der Waals surface area contributed by atoms with E-state index in [0.717, 1.165) is 5.56 Å². The molecule has 1 heterocycles. The lowest BCUT2D eigenvalue weighted by atomic mass is 10.2. The van der Waals surface area contributed by atoms with E-state index in [9.17, 15) is 10.1 Å². The van der Waals surface area contributed by atoms with E-state index in [-0.39, 0.29) is 5.69 Å². The van der Waals surface area contributed by atoms with Crippen LogP contribution in [0.4, 0.5) is 5.69 Å². The maximum Gasteiger partial charge on any atom is 0.288 e. The molecular weight excluding hydrogens is 268 g/mol. The normalized spacial score (nSPS) is 10.3. The second kappa shape index (κ2) is 5.24. The Hall–Kier alpha value is -2.14. The van der Waals surface area contributed by atoms with Crippen molar-refractivity contribution in [3.05, 3.63) is 56.7 Å². The van der Waals surface area contributed by atoms with Crippen LogP contribution < -0.4 is 4.74 Å². The number of hydrogen-bond donors (Lipinski definition) is 0. The van der Waals surface area contributed by atoms with Gasteiger partial charge in [-0.05, 0) is 31.5 Å². The van der Waals surface area contributed by atoms with E-state index in [1.54, 1.807) is 19.1 Å². The average Bonchev–Trinajstić information content (AvgIpc) is 2.36. The predicted molar refractivity (Wildman–Crippen MR) is 71.9 cm³/mol. The van der Waals surface area contributed by atoms with Crippen molar-refractivity contribution >= 4 is 17.3 Å². The zero-order valence-electron chi connectivity index (χ0n) is 10.4. The first kappa shape index (κ1) is 13.3. The van der Waals surface area contributed by atoms with Crippen molar-refractivity contribution in [1.29, 1.82) is 0 Å². The van der Waals surface area contributed by atoms with Gasteiger partial charge in [0.15, 0.2) is 0 Å². The highest BCUT2D eigenvalue weighted by molar-refractivity contribution is 6.30. The molecule has 0 radical (unpaired) electrons. The maximum absolute atomic E-state index is 10.6. The van der Waals surface area contributed by atoms with E-state index in [1.807, 2.05) is 13.0 Å². The maximum atomic E-state index is 10.6. The predicted octanol–water partition coefficient (Wildman–Crippen LogP) is 4.05. The Morgan fingerprint density at radius 2 is 2.00 bits per heavy atom. The van der Waals surface area contributed by atoms with Gasteiger partial charge in [-0.1, -0.05) is 17.7 Å². The molecule has 0 N–H and O–H groups in total. The molecule has 2 rings (SSSR count). The monoisotopic (exact) mass is 278 g/mol. The molecule has 0 unspecified atom stereocenters. The third kappa shape index (κ3) is 3.00. The Kier molecular flexibility index (Phi) is 3.66. The van der Waals surface area contributed by atoms with Gasteiger partial charge in [0.05, 0.1) is 4.92 Å². The van der Waals surface area contributed by atoms with Crippen LogP contribution in [0.2, 0.25) is 5.02 Å².